The number of hydrogen-bond acceptors (Lipinski definition) is 3. The number of ether oxygens (including phenoxy) is 1. The molecule has 88 valence electrons. The van der Waals surface area contributed by atoms with Gasteiger partial charge in [-0.25, -0.2) is 0 Å². The number of benzene rings is 1. The number of anilines is 1. The van der Waals surface area contributed by atoms with Gasteiger partial charge in [0.2, 0.25) is 0 Å². The summed E-state index contributed by atoms with van der Waals surface area (Å²) in [6.45, 7) is 2.14. The summed E-state index contributed by atoms with van der Waals surface area (Å²) in [5.74, 6) is 0.834. The molecule has 1 aromatic rings. The van der Waals surface area contributed by atoms with Gasteiger partial charge in [-0.05, 0) is 38.1 Å². The number of methoxy groups -OCH3 is 1. The molecule has 1 aliphatic heterocycles. The Labute approximate surface area is 101 Å². The van der Waals surface area contributed by atoms with Crippen LogP contribution in [0.5, 0.6) is 5.75 Å². The summed E-state index contributed by atoms with van der Waals surface area (Å²) in [4.78, 5) is 0. The van der Waals surface area contributed by atoms with E-state index in [0.717, 1.165) is 42.4 Å². The minimum absolute atomic E-state index is 0.505. The first-order valence-corrected chi connectivity index (χ1v) is 5.98. The summed E-state index contributed by atoms with van der Waals surface area (Å²) in [6.07, 6.45) is 2.26. The Balaban J connectivity index is 2.06. The molecular formula is C12H17ClN2O. The lowest BCUT2D eigenvalue weighted by Crippen LogP contribution is -2.35. The van der Waals surface area contributed by atoms with E-state index in [-0.39, 0.29) is 0 Å². The SMILES string of the molecule is COc1ccc(Cl)c(NC2CCNCC2)c1. The third-order valence-corrected chi connectivity index (χ3v) is 3.20. The molecule has 0 saturated carbocycles. The predicted molar refractivity (Wildman–Crippen MR) is 67.5 cm³/mol. The summed E-state index contributed by atoms with van der Waals surface area (Å²) < 4.78 is 5.19. The topological polar surface area (TPSA) is 33.3 Å². The molecule has 0 radical (unpaired) electrons. The van der Waals surface area contributed by atoms with Crippen molar-refractivity contribution >= 4 is 17.3 Å². The highest BCUT2D eigenvalue weighted by Gasteiger charge is 2.14. The van der Waals surface area contributed by atoms with Crippen molar-refractivity contribution in [2.24, 2.45) is 0 Å². The first kappa shape index (κ1) is 11.6. The third kappa shape index (κ3) is 2.80. The van der Waals surface area contributed by atoms with Crippen LogP contribution in [-0.4, -0.2) is 26.2 Å². The van der Waals surface area contributed by atoms with E-state index in [1.54, 1.807) is 7.11 Å². The third-order valence-electron chi connectivity index (χ3n) is 2.87. The fourth-order valence-corrected chi connectivity index (χ4v) is 2.10. The van der Waals surface area contributed by atoms with Crippen molar-refractivity contribution in [1.82, 2.24) is 5.32 Å². The van der Waals surface area contributed by atoms with Crippen LogP contribution in [0.1, 0.15) is 12.8 Å². The van der Waals surface area contributed by atoms with E-state index in [2.05, 4.69) is 10.6 Å². The lowest BCUT2D eigenvalue weighted by Gasteiger charge is -2.25. The summed E-state index contributed by atoms with van der Waals surface area (Å²) in [6, 6.07) is 6.19. The van der Waals surface area contributed by atoms with Crippen LogP contribution in [-0.2, 0) is 0 Å². The van der Waals surface area contributed by atoms with E-state index >= 15 is 0 Å². The highest BCUT2D eigenvalue weighted by molar-refractivity contribution is 6.33. The second-order valence-electron chi connectivity index (χ2n) is 4.01. The predicted octanol–water partition coefficient (Wildman–Crippen LogP) is 2.51. The van der Waals surface area contributed by atoms with Crippen LogP contribution >= 0.6 is 11.6 Å². The van der Waals surface area contributed by atoms with Crippen molar-refractivity contribution in [2.75, 3.05) is 25.5 Å². The summed E-state index contributed by atoms with van der Waals surface area (Å²) in [7, 11) is 1.66. The molecule has 1 aliphatic rings. The maximum Gasteiger partial charge on any atom is 0.121 e. The Kier molecular flexibility index (Phi) is 3.91. The van der Waals surface area contributed by atoms with E-state index in [4.69, 9.17) is 16.3 Å². The fourth-order valence-electron chi connectivity index (χ4n) is 1.93. The van der Waals surface area contributed by atoms with Gasteiger partial charge in [0.05, 0.1) is 17.8 Å². The molecule has 3 nitrogen and oxygen atoms in total. The molecule has 0 amide bonds. The van der Waals surface area contributed by atoms with Gasteiger partial charge in [0.1, 0.15) is 5.75 Å². The smallest absolute Gasteiger partial charge is 0.121 e. The lowest BCUT2D eigenvalue weighted by molar-refractivity contribution is 0.414. The minimum Gasteiger partial charge on any atom is -0.497 e. The monoisotopic (exact) mass is 240 g/mol. The van der Waals surface area contributed by atoms with Crippen molar-refractivity contribution in [1.29, 1.82) is 0 Å². The highest BCUT2D eigenvalue weighted by atomic mass is 35.5. The standard InChI is InChI=1S/C12H17ClN2O/c1-16-10-2-3-11(13)12(8-10)15-9-4-6-14-7-5-9/h2-3,8-9,14-15H,4-7H2,1H3. The molecule has 0 unspecified atom stereocenters. The van der Waals surface area contributed by atoms with Crippen LogP contribution in [0.25, 0.3) is 0 Å². The molecule has 0 bridgehead atoms. The van der Waals surface area contributed by atoms with E-state index < -0.39 is 0 Å². The lowest BCUT2D eigenvalue weighted by atomic mass is 10.1. The second kappa shape index (κ2) is 5.41. The number of piperidine rings is 1. The van der Waals surface area contributed by atoms with Crippen molar-refractivity contribution in [2.45, 2.75) is 18.9 Å². The number of hydrogen-bond donors (Lipinski definition) is 2. The van der Waals surface area contributed by atoms with Crippen LogP contribution < -0.4 is 15.4 Å². The van der Waals surface area contributed by atoms with Gasteiger partial charge in [-0.3, -0.25) is 0 Å². The van der Waals surface area contributed by atoms with Gasteiger partial charge < -0.3 is 15.4 Å². The zero-order valence-electron chi connectivity index (χ0n) is 9.42. The van der Waals surface area contributed by atoms with Crippen molar-refractivity contribution in [3.63, 3.8) is 0 Å². The van der Waals surface area contributed by atoms with Crippen LogP contribution in [0.4, 0.5) is 5.69 Å². The molecule has 0 spiro atoms. The van der Waals surface area contributed by atoms with Crippen LogP contribution in [0, 0.1) is 0 Å². The van der Waals surface area contributed by atoms with Gasteiger partial charge in [-0.2, -0.15) is 0 Å². The van der Waals surface area contributed by atoms with Crippen LogP contribution in [0.15, 0.2) is 18.2 Å². The number of halogens is 1. The fraction of sp³-hybridized carbons (Fsp3) is 0.500. The van der Waals surface area contributed by atoms with E-state index in [9.17, 15) is 0 Å². The quantitative estimate of drug-likeness (QED) is 0.852. The second-order valence-corrected chi connectivity index (χ2v) is 4.42. The maximum absolute atomic E-state index is 6.14. The molecule has 0 aliphatic carbocycles. The van der Waals surface area contributed by atoms with Gasteiger partial charge in [0.15, 0.2) is 0 Å². The van der Waals surface area contributed by atoms with E-state index in [1.807, 2.05) is 18.2 Å². The van der Waals surface area contributed by atoms with Gasteiger partial charge in [0, 0.05) is 12.1 Å². The maximum atomic E-state index is 6.14. The minimum atomic E-state index is 0.505. The van der Waals surface area contributed by atoms with E-state index in [0.29, 0.717) is 6.04 Å². The van der Waals surface area contributed by atoms with Crippen molar-refractivity contribution in [3.8, 4) is 5.75 Å². The molecule has 2 N–H and O–H groups in total. The van der Waals surface area contributed by atoms with Crippen LogP contribution in [0.2, 0.25) is 5.02 Å². The average Bonchev–Trinajstić information content (AvgIpc) is 2.33. The molecule has 2 rings (SSSR count). The first-order valence-electron chi connectivity index (χ1n) is 5.60. The van der Waals surface area contributed by atoms with Gasteiger partial charge in [0.25, 0.3) is 0 Å². The van der Waals surface area contributed by atoms with Gasteiger partial charge in [-0.1, -0.05) is 11.6 Å². The van der Waals surface area contributed by atoms with Crippen molar-refractivity contribution < 1.29 is 4.74 Å². The Morgan fingerprint density at radius 2 is 2.12 bits per heavy atom. The highest BCUT2D eigenvalue weighted by Crippen LogP contribution is 2.28. The Morgan fingerprint density at radius 1 is 1.38 bits per heavy atom. The molecule has 0 atom stereocenters. The molecule has 1 aromatic carbocycles. The molecular weight excluding hydrogens is 224 g/mol. The number of rotatable bonds is 3. The molecule has 0 aromatic heterocycles. The van der Waals surface area contributed by atoms with Gasteiger partial charge >= 0.3 is 0 Å². The van der Waals surface area contributed by atoms with Crippen LogP contribution in [0.3, 0.4) is 0 Å². The summed E-state index contributed by atoms with van der Waals surface area (Å²) in [5.41, 5.74) is 0.966. The zero-order valence-corrected chi connectivity index (χ0v) is 10.2. The van der Waals surface area contributed by atoms with E-state index in [1.165, 1.54) is 0 Å². The largest absolute Gasteiger partial charge is 0.497 e. The van der Waals surface area contributed by atoms with Crippen molar-refractivity contribution in [3.05, 3.63) is 23.2 Å². The number of nitrogens with one attached hydrogen (secondary N) is 2. The molecule has 4 heteroatoms. The van der Waals surface area contributed by atoms with Gasteiger partial charge in [-0.15, -0.1) is 0 Å². The Bertz CT molecular complexity index is 351. The zero-order chi connectivity index (χ0) is 11.4. The Morgan fingerprint density at radius 3 is 2.81 bits per heavy atom. The molecule has 1 fully saturated rings. The molecule has 1 saturated heterocycles. The first-order chi connectivity index (χ1) is 7.79. The average molecular weight is 241 g/mol. The Hall–Kier alpha value is -0.930. The molecule has 1 heterocycles. The normalized spacial score (nSPS) is 17.1. The summed E-state index contributed by atoms with van der Waals surface area (Å²) >= 11 is 6.14. The molecule has 16 heavy (non-hydrogen) atoms. The summed E-state index contributed by atoms with van der Waals surface area (Å²) in [5, 5.41) is 7.56.